The molecule has 0 radical (unpaired) electrons. The molecule has 4 heteroatoms. The summed E-state index contributed by atoms with van der Waals surface area (Å²) in [5.41, 5.74) is 1.53. The minimum atomic E-state index is -0.0761. The zero-order valence-corrected chi connectivity index (χ0v) is 13.0. The average Bonchev–Trinajstić information content (AvgIpc) is 3.12. The van der Waals surface area contributed by atoms with Crippen molar-refractivity contribution < 1.29 is 14.3 Å². The molecule has 120 valence electrons. The first-order chi connectivity index (χ1) is 11.3. The van der Waals surface area contributed by atoms with Crippen molar-refractivity contribution in [3.63, 3.8) is 0 Å². The van der Waals surface area contributed by atoms with Crippen LogP contribution >= 0.6 is 0 Å². The Balaban J connectivity index is 1.61. The second-order valence-electron chi connectivity index (χ2n) is 5.60. The number of carbonyl (C=O) groups excluding carboxylic acids is 1. The fourth-order valence-electron chi connectivity index (χ4n) is 2.65. The highest BCUT2D eigenvalue weighted by Gasteiger charge is 2.17. The van der Waals surface area contributed by atoms with Crippen molar-refractivity contribution in [2.24, 2.45) is 0 Å². The Hall–Kier alpha value is -2.33. The summed E-state index contributed by atoms with van der Waals surface area (Å²) >= 11 is 0. The maximum Gasteiger partial charge on any atom is 0.251 e. The normalized spacial score (nSPS) is 17.0. The number of para-hydroxylation sites is 1. The summed E-state index contributed by atoms with van der Waals surface area (Å²) in [6, 6.07) is 17.1. The highest BCUT2D eigenvalue weighted by molar-refractivity contribution is 5.95. The van der Waals surface area contributed by atoms with E-state index < -0.39 is 0 Å². The van der Waals surface area contributed by atoms with Crippen LogP contribution < -0.4 is 10.1 Å². The molecule has 1 atom stereocenters. The molecular weight excluding hydrogens is 290 g/mol. The summed E-state index contributed by atoms with van der Waals surface area (Å²) in [4.78, 5) is 12.4. The molecule has 2 aromatic carbocycles. The van der Waals surface area contributed by atoms with Crippen LogP contribution in [0.25, 0.3) is 0 Å². The number of hydrogen-bond donors (Lipinski definition) is 1. The number of rotatable bonds is 6. The molecule has 2 aromatic rings. The Kier molecular flexibility index (Phi) is 5.27. The Labute approximate surface area is 136 Å². The predicted octanol–water partition coefficient (Wildman–Crippen LogP) is 3.17. The number of amides is 1. The minimum Gasteiger partial charge on any atom is -0.489 e. The number of carbonyl (C=O) groups is 1. The molecule has 4 nitrogen and oxygen atoms in total. The van der Waals surface area contributed by atoms with Crippen LogP contribution in [0.1, 0.15) is 28.8 Å². The smallest absolute Gasteiger partial charge is 0.251 e. The van der Waals surface area contributed by atoms with Crippen LogP contribution in [0, 0.1) is 0 Å². The summed E-state index contributed by atoms with van der Waals surface area (Å²) in [6.07, 6.45) is 2.23. The Morgan fingerprint density at radius 2 is 1.91 bits per heavy atom. The molecule has 1 fully saturated rings. The molecule has 1 amide bonds. The number of ether oxygens (including phenoxy) is 2. The minimum absolute atomic E-state index is 0.0761. The Morgan fingerprint density at radius 3 is 2.70 bits per heavy atom. The largest absolute Gasteiger partial charge is 0.489 e. The Morgan fingerprint density at radius 1 is 1.13 bits per heavy atom. The van der Waals surface area contributed by atoms with Gasteiger partial charge in [0.15, 0.2) is 0 Å². The van der Waals surface area contributed by atoms with Gasteiger partial charge in [-0.2, -0.15) is 0 Å². The molecule has 23 heavy (non-hydrogen) atoms. The van der Waals surface area contributed by atoms with Gasteiger partial charge in [0.05, 0.1) is 6.10 Å². The van der Waals surface area contributed by atoms with Gasteiger partial charge in [-0.15, -0.1) is 0 Å². The first-order valence-corrected chi connectivity index (χ1v) is 7.98. The van der Waals surface area contributed by atoms with Crippen molar-refractivity contribution in [3.8, 4) is 5.75 Å². The summed E-state index contributed by atoms with van der Waals surface area (Å²) in [6.45, 7) is 1.72. The van der Waals surface area contributed by atoms with E-state index in [2.05, 4.69) is 5.32 Å². The van der Waals surface area contributed by atoms with E-state index in [1.807, 2.05) is 54.6 Å². The van der Waals surface area contributed by atoms with Gasteiger partial charge in [-0.3, -0.25) is 4.79 Å². The molecular formula is C19H21NO3. The SMILES string of the molecule is O=C(NCC1CCCO1)c1ccccc1COc1ccccc1. The molecule has 0 spiro atoms. The van der Waals surface area contributed by atoms with Crippen molar-refractivity contribution in [3.05, 3.63) is 65.7 Å². The molecule has 0 bridgehead atoms. The molecule has 1 unspecified atom stereocenters. The lowest BCUT2D eigenvalue weighted by Gasteiger charge is -2.13. The van der Waals surface area contributed by atoms with Gasteiger partial charge in [0.1, 0.15) is 12.4 Å². The van der Waals surface area contributed by atoms with Crippen LogP contribution in [0.4, 0.5) is 0 Å². The molecule has 1 N–H and O–H groups in total. The first kappa shape index (κ1) is 15.6. The predicted molar refractivity (Wildman–Crippen MR) is 88.5 cm³/mol. The van der Waals surface area contributed by atoms with Crippen molar-refractivity contribution in [2.75, 3.05) is 13.2 Å². The molecule has 1 aliphatic heterocycles. The van der Waals surface area contributed by atoms with Crippen molar-refractivity contribution >= 4 is 5.91 Å². The quantitative estimate of drug-likeness (QED) is 0.891. The van der Waals surface area contributed by atoms with Crippen molar-refractivity contribution in [2.45, 2.75) is 25.6 Å². The second kappa shape index (κ2) is 7.79. The van der Waals surface area contributed by atoms with E-state index in [1.54, 1.807) is 0 Å². The fourth-order valence-corrected chi connectivity index (χ4v) is 2.65. The van der Waals surface area contributed by atoms with Crippen LogP contribution in [0.5, 0.6) is 5.75 Å². The van der Waals surface area contributed by atoms with Crippen LogP contribution in [-0.2, 0) is 11.3 Å². The van der Waals surface area contributed by atoms with E-state index in [-0.39, 0.29) is 12.0 Å². The highest BCUT2D eigenvalue weighted by atomic mass is 16.5. The Bertz CT molecular complexity index is 636. The topological polar surface area (TPSA) is 47.6 Å². The van der Waals surface area contributed by atoms with Crippen LogP contribution in [0.2, 0.25) is 0 Å². The van der Waals surface area contributed by atoms with E-state index in [9.17, 15) is 4.79 Å². The lowest BCUT2D eigenvalue weighted by Crippen LogP contribution is -2.32. The van der Waals surface area contributed by atoms with Gasteiger partial charge in [-0.25, -0.2) is 0 Å². The standard InChI is InChI=1S/C19H21NO3/c21-19(20-13-17-10-6-12-22-17)18-11-5-4-7-15(18)14-23-16-8-2-1-3-9-16/h1-5,7-9,11,17H,6,10,12-14H2,(H,20,21). The van der Waals surface area contributed by atoms with Crippen LogP contribution in [0.3, 0.4) is 0 Å². The van der Waals surface area contributed by atoms with Gasteiger partial charge in [-0.1, -0.05) is 36.4 Å². The van der Waals surface area contributed by atoms with Crippen LogP contribution in [-0.4, -0.2) is 25.2 Å². The zero-order chi connectivity index (χ0) is 15.9. The maximum atomic E-state index is 12.4. The van der Waals surface area contributed by atoms with E-state index in [4.69, 9.17) is 9.47 Å². The third-order valence-electron chi connectivity index (χ3n) is 3.91. The van der Waals surface area contributed by atoms with Gasteiger partial charge < -0.3 is 14.8 Å². The number of nitrogens with one attached hydrogen (secondary N) is 1. The summed E-state index contributed by atoms with van der Waals surface area (Å²) in [5, 5.41) is 2.96. The van der Waals surface area contributed by atoms with Crippen molar-refractivity contribution in [1.82, 2.24) is 5.32 Å². The monoisotopic (exact) mass is 311 g/mol. The number of hydrogen-bond acceptors (Lipinski definition) is 3. The molecule has 1 aliphatic rings. The van der Waals surface area contributed by atoms with E-state index >= 15 is 0 Å². The molecule has 1 saturated heterocycles. The molecule has 1 heterocycles. The van der Waals surface area contributed by atoms with Gasteiger partial charge >= 0.3 is 0 Å². The van der Waals surface area contributed by atoms with Gasteiger partial charge in [0.25, 0.3) is 5.91 Å². The summed E-state index contributed by atoms with van der Waals surface area (Å²) in [5.74, 6) is 0.717. The van der Waals surface area contributed by atoms with E-state index in [1.165, 1.54) is 0 Å². The van der Waals surface area contributed by atoms with Gasteiger partial charge in [0, 0.05) is 24.3 Å². The summed E-state index contributed by atoms with van der Waals surface area (Å²) in [7, 11) is 0. The molecule has 0 aliphatic carbocycles. The highest BCUT2D eigenvalue weighted by Crippen LogP contribution is 2.15. The van der Waals surface area contributed by atoms with E-state index in [0.29, 0.717) is 18.7 Å². The third kappa shape index (κ3) is 4.33. The molecule has 0 saturated carbocycles. The lowest BCUT2D eigenvalue weighted by molar-refractivity contribution is 0.0856. The maximum absolute atomic E-state index is 12.4. The lowest BCUT2D eigenvalue weighted by atomic mass is 10.1. The zero-order valence-electron chi connectivity index (χ0n) is 13.0. The average molecular weight is 311 g/mol. The van der Waals surface area contributed by atoms with Crippen LogP contribution in [0.15, 0.2) is 54.6 Å². The van der Waals surface area contributed by atoms with Gasteiger partial charge in [0.2, 0.25) is 0 Å². The molecule has 0 aromatic heterocycles. The van der Waals surface area contributed by atoms with Gasteiger partial charge in [-0.05, 0) is 31.0 Å². The fraction of sp³-hybridized carbons (Fsp3) is 0.316. The second-order valence-corrected chi connectivity index (χ2v) is 5.60. The molecule has 3 rings (SSSR count). The first-order valence-electron chi connectivity index (χ1n) is 7.98. The number of benzene rings is 2. The van der Waals surface area contributed by atoms with E-state index in [0.717, 1.165) is 30.8 Å². The van der Waals surface area contributed by atoms with Crippen molar-refractivity contribution in [1.29, 1.82) is 0 Å². The summed E-state index contributed by atoms with van der Waals surface area (Å²) < 4.78 is 11.3. The third-order valence-corrected chi connectivity index (χ3v) is 3.91.